The molecule has 0 unspecified atom stereocenters. The van der Waals surface area contributed by atoms with Crippen LogP contribution in [0.3, 0.4) is 0 Å². The number of halogens is 1. The maximum atomic E-state index is 11.2. The Morgan fingerprint density at radius 1 is 1.53 bits per heavy atom. The minimum absolute atomic E-state index is 0.0687. The van der Waals surface area contributed by atoms with Crippen LogP contribution in [-0.4, -0.2) is 13.3 Å². The highest BCUT2D eigenvalue weighted by atomic mass is 35.7. The van der Waals surface area contributed by atoms with Crippen molar-refractivity contribution in [2.45, 2.75) is 18.2 Å². The van der Waals surface area contributed by atoms with Gasteiger partial charge in [-0.3, -0.25) is 10.1 Å². The van der Waals surface area contributed by atoms with Crippen LogP contribution in [-0.2, 0) is 15.5 Å². The minimum atomic E-state index is -4.09. The Balaban J connectivity index is 3.74. The third-order valence-corrected chi connectivity index (χ3v) is 3.54. The van der Waals surface area contributed by atoms with Crippen LogP contribution in [0.15, 0.2) is 17.0 Å². The molecule has 17 heavy (non-hydrogen) atoms. The molecular formula is C9H7ClN2O4S. The van der Waals surface area contributed by atoms with Gasteiger partial charge in [-0.05, 0) is 12.5 Å². The van der Waals surface area contributed by atoms with E-state index in [1.807, 2.05) is 0 Å². The van der Waals surface area contributed by atoms with Crippen LogP contribution in [0, 0.1) is 21.4 Å². The number of benzene rings is 1. The van der Waals surface area contributed by atoms with E-state index >= 15 is 0 Å². The molecule has 0 spiro atoms. The Morgan fingerprint density at radius 2 is 2.12 bits per heavy atom. The van der Waals surface area contributed by atoms with Gasteiger partial charge in [0, 0.05) is 22.3 Å². The van der Waals surface area contributed by atoms with Gasteiger partial charge in [0.05, 0.1) is 10.5 Å². The highest BCUT2D eigenvalue weighted by molar-refractivity contribution is 8.13. The van der Waals surface area contributed by atoms with Gasteiger partial charge in [-0.2, -0.15) is 5.26 Å². The normalized spacial score (nSPS) is 10.9. The van der Waals surface area contributed by atoms with Crippen LogP contribution in [0.25, 0.3) is 0 Å². The molecule has 1 aromatic carbocycles. The number of hydrogen-bond donors (Lipinski definition) is 0. The molecule has 1 rings (SSSR count). The van der Waals surface area contributed by atoms with Gasteiger partial charge in [-0.25, -0.2) is 8.42 Å². The first-order valence-electron chi connectivity index (χ1n) is 4.48. The summed E-state index contributed by atoms with van der Waals surface area (Å²) in [5.41, 5.74) is -0.482. The fraction of sp³-hybridized carbons (Fsp3) is 0.222. The topological polar surface area (TPSA) is 101 Å². The largest absolute Gasteiger partial charge is 0.273 e. The quantitative estimate of drug-likeness (QED) is 0.476. The second kappa shape index (κ2) is 4.69. The molecule has 0 N–H and O–H groups in total. The summed E-state index contributed by atoms with van der Waals surface area (Å²) < 4.78 is 22.4. The number of nitro groups is 1. The zero-order valence-corrected chi connectivity index (χ0v) is 10.2. The summed E-state index contributed by atoms with van der Waals surface area (Å²) >= 11 is 0. The summed E-state index contributed by atoms with van der Waals surface area (Å²) in [6.45, 7) is 1.59. The van der Waals surface area contributed by atoms with Gasteiger partial charge in [0.15, 0.2) is 0 Å². The minimum Gasteiger partial charge on any atom is -0.258 e. The van der Waals surface area contributed by atoms with Crippen molar-refractivity contribution >= 4 is 25.4 Å². The van der Waals surface area contributed by atoms with Crippen molar-refractivity contribution in [2.75, 3.05) is 0 Å². The number of hydrogen-bond acceptors (Lipinski definition) is 5. The lowest BCUT2D eigenvalue weighted by molar-refractivity contribution is -0.385. The van der Waals surface area contributed by atoms with Crippen molar-refractivity contribution in [3.63, 3.8) is 0 Å². The average Bonchev–Trinajstić information content (AvgIpc) is 2.25. The molecule has 0 aliphatic rings. The van der Waals surface area contributed by atoms with Gasteiger partial charge in [-0.1, -0.05) is 6.92 Å². The standard InChI is InChI=1S/C9H7ClN2O4S/c1-2-6-7(5-11)9(17(10,15)16)4-3-8(6)12(13)14/h3-4H,2H2,1H3. The molecular weight excluding hydrogens is 268 g/mol. The molecule has 0 aliphatic heterocycles. The molecule has 6 nitrogen and oxygen atoms in total. The van der Waals surface area contributed by atoms with Crippen LogP contribution in [0.4, 0.5) is 5.69 Å². The monoisotopic (exact) mass is 274 g/mol. The van der Waals surface area contributed by atoms with E-state index in [-0.39, 0.29) is 23.2 Å². The molecule has 0 amide bonds. The van der Waals surface area contributed by atoms with Gasteiger partial charge in [-0.15, -0.1) is 0 Å². The van der Waals surface area contributed by atoms with Crippen LogP contribution in [0.1, 0.15) is 18.1 Å². The summed E-state index contributed by atoms with van der Waals surface area (Å²) in [4.78, 5) is 9.66. The smallest absolute Gasteiger partial charge is 0.258 e. The number of rotatable bonds is 3. The number of nitriles is 1. The average molecular weight is 275 g/mol. The molecule has 1 aromatic rings. The Hall–Kier alpha value is -1.65. The van der Waals surface area contributed by atoms with E-state index in [4.69, 9.17) is 15.9 Å². The SMILES string of the molecule is CCc1c([N+](=O)[O-])ccc(S(=O)(=O)Cl)c1C#N. The Kier molecular flexibility index (Phi) is 3.70. The lowest BCUT2D eigenvalue weighted by atomic mass is 10.0. The van der Waals surface area contributed by atoms with Crippen LogP contribution >= 0.6 is 10.7 Å². The Morgan fingerprint density at radius 3 is 2.47 bits per heavy atom. The van der Waals surface area contributed by atoms with E-state index < -0.39 is 18.9 Å². The second-order valence-corrected chi connectivity index (χ2v) is 5.63. The van der Waals surface area contributed by atoms with E-state index in [2.05, 4.69) is 0 Å². The van der Waals surface area contributed by atoms with Crippen molar-refractivity contribution in [1.82, 2.24) is 0 Å². The van der Waals surface area contributed by atoms with Gasteiger partial charge in [0.1, 0.15) is 11.0 Å². The highest BCUT2D eigenvalue weighted by Gasteiger charge is 2.24. The van der Waals surface area contributed by atoms with Crippen molar-refractivity contribution in [2.24, 2.45) is 0 Å². The molecule has 0 heterocycles. The number of nitrogens with zero attached hydrogens (tertiary/aromatic N) is 2. The van der Waals surface area contributed by atoms with Gasteiger partial charge in [0.25, 0.3) is 14.7 Å². The third-order valence-electron chi connectivity index (χ3n) is 2.17. The zero-order valence-electron chi connectivity index (χ0n) is 8.68. The fourth-order valence-electron chi connectivity index (χ4n) is 1.47. The van der Waals surface area contributed by atoms with E-state index in [1.165, 1.54) is 0 Å². The summed E-state index contributed by atoms with van der Waals surface area (Å²) in [5, 5.41) is 19.6. The molecule has 0 atom stereocenters. The van der Waals surface area contributed by atoms with Crippen molar-refractivity contribution in [3.8, 4) is 6.07 Å². The van der Waals surface area contributed by atoms with Gasteiger partial charge >= 0.3 is 0 Å². The van der Waals surface area contributed by atoms with E-state index in [1.54, 1.807) is 13.0 Å². The lowest BCUT2D eigenvalue weighted by Crippen LogP contribution is -2.03. The zero-order chi connectivity index (χ0) is 13.2. The first kappa shape index (κ1) is 13.4. The van der Waals surface area contributed by atoms with Crippen molar-refractivity contribution < 1.29 is 13.3 Å². The van der Waals surface area contributed by atoms with E-state index in [9.17, 15) is 18.5 Å². The lowest BCUT2D eigenvalue weighted by Gasteiger charge is -2.05. The predicted octanol–water partition coefficient (Wildman–Crippen LogP) is 1.96. The second-order valence-electron chi connectivity index (χ2n) is 3.10. The fourth-order valence-corrected chi connectivity index (χ4v) is 2.50. The maximum absolute atomic E-state index is 11.2. The third kappa shape index (κ3) is 2.54. The molecule has 0 fully saturated rings. The maximum Gasteiger partial charge on any atom is 0.273 e. The van der Waals surface area contributed by atoms with Crippen LogP contribution in [0.5, 0.6) is 0 Å². The molecule has 0 bridgehead atoms. The van der Waals surface area contributed by atoms with Crippen LogP contribution < -0.4 is 0 Å². The highest BCUT2D eigenvalue weighted by Crippen LogP contribution is 2.29. The summed E-state index contributed by atoms with van der Waals surface area (Å²) in [5.74, 6) is 0. The predicted molar refractivity (Wildman–Crippen MR) is 60.2 cm³/mol. The Labute approximate surface area is 102 Å². The molecule has 0 saturated heterocycles. The van der Waals surface area contributed by atoms with E-state index in [0.29, 0.717) is 0 Å². The van der Waals surface area contributed by atoms with Crippen molar-refractivity contribution in [1.29, 1.82) is 5.26 Å². The first-order chi connectivity index (χ1) is 7.82. The molecule has 0 aliphatic carbocycles. The van der Waals surface area contributed by atoms with Crippen LogP contribution in [0.2, 0.25) is 0 Å². The summed E-state index contributed by atoms with van der Waals surface area (Å²) in [7, 11) is 1.06. The molecule has 0 aromatic heterocycles. The molecule has 0 radical (unpaired) electrons. The first-order valence-corrected chi connectivity index (χ1v) is 6.78. The van der Waals surface area contributed by atoms with Crippen molar-refractivity contribution in [3.05, 3.63) is 33.4 Å². The molecule has 8 heteroatoms. The molecule has 0 saturated carbocycles. The Bertz CT molecular complexity index is 619. The summed E-state index contributed by atoms with van der Waals surface area (Å²) in [6, 6.07) is 3.66. The molecule has 90 valence electrons. The summed E-state index contributed by atoms with van der Waals surface area (Å²) in [6.07, 6.45) is 0.166. The van der Waals surface area contributed by atoms with E-state index in [0.717, 1.165) is 12.1 Å². The van der Waals surface area contributed by atoms with Gasteiger partial charge < -0.3 is 0 Å². The van der Waals surface area contributed by atoms with Gasteiger partial charge in [0.2, 0.25) is 0 Å². The number of nitro benzene ring substituents is 1.